The molecule has 56 valence electrons. The SMILES string of the molecule is CC1NNC2=C1CCCC2. The van der Waals surface area contributed by atoms with Gasteiger partial charge in [-0.1, -0.05) is 0 Å². The molecule has 0 amide bonds. The van der Waals surface area contributed by atoms with Crippen LogP contribution in [0.3, 0.4) is 0 Å². The Kier molecular flexibility index (Phi) is 1.42. The first-order valence-corrected chi connectivity index (χ1v) is 4.11. The Morgan fingerprint density at radius 3 is 2.90 bits per heavy atom. The summed E-state index contributed by atoms with van der Waals surface area (Å²) < 4.78 is 0. The van der Waals surface area contributed by atoms with E-state index in [4.69, 9.17) is 0 Å². The van der Waals surface area contributed by atoms with Crippen LogP contribution < -0.4 is 10.9 Å². The van der Waals surface area contributed by atoms with E-state index >= 15 is 0 Å². The summed E-state index contributed by atoms with van der Waals surface area (Å²) in [6.45, 7) is 2.22. The first-order chi connectivity index (χ1) is 4.88. The summed E-state index contributed by atoms with van der Waals surface area (Å²) in [6.07, 6.45) is 5.30. The van der Waals surface area contributed by atoms with Crippen LogP contribution >= 0.6 is 0 Å². The summed E-state index contributed by atoms with van der Waals surface area (Å²) in [5, 5.41) is 0. The molecule has 0 aromatic heterocycles. The van der Waals surface area contributed by atoms with E-state index in [0.29, 0.717) is 6.04 Å². The van der Waals surface area contributed by atoms with Gasteiger partial charge in [-0.3, -0.25) is 0 Å². The summed E-state index contributed by atoms with van der Waals surface area (Å²) in [5.41, 5.74) is 9.56. The van der Waals surface area contributed by atoms with E-state index in [1.165, 1.54) is 31.4 Å². The summed E-state index contributed by atoms with van der Waals surface area (Å²) in [7, 11) is 0. The highest BCUT2D eigenvalue weighted by Gasteiger charge is 2.22. The molecular formula is C8H14N2. The fourth-order valence-electron chi connectivity index (χ4n) is 1.83. The van der Waals surface area contributed by atoms with Gasteiger partial charge in [0.1, 0.15) is 0 Å². The number of rotatable bonds is 0. The predicted molar refractivity (Wildman–Crippen MR) is 41.2 cm³/mol. The molecule has 1 aliphatic carbocycles. The highest BCUT2D eigenvalue weighted by molar-refractivity contribution is 5.23. The lowest BCUT2D eigenvalue weighted by atomic mass is 9.94. The third-order valence-electron chi connectivity index (χ3n) is 2.47. The van der Waals surface area contributed by atoms with E-state index in [9.17, 15) is 0 Å². The number of allylic oxidation sites excluding steroid dienone is 1. The van der Waals surface area contributed by atoms with Crippen molar-refractivity contribution in [3.63, 3.8) is 0 Å². The largest absolute Gasteiger partial charge is 0.325 e. The number of hydrogen-bond donors (Lipinski definition) is 2. The summed E-state index contributed by atoms with van der Waals surface area (Å²) in [4.78, 5) is 0. The maximum atomic E-state index is 3.24. The number of hydrazine groups is 1. The van der Waals surface area contributed by atoms with E-state index in [1.54, 1.807) is 5.57 Å². The highest BCUT2D eigenvalue weighted by atomic mass is 15.4. The molecule has 2 nitrogen and oxygen atoms in total. The average Bonchev–Trinajstić information content (AvgIpc) is 2.34. The van der Waals surface area contributed by atoms with Crippen LogP contribution in [0.1, 0.15) is 32.6 Å². The molecule has 1 heterocycles. The van der Waals surface area contributed by atoms with Gasteiger partial charge >= 0.3 is 0 Å². The van der Waals surface area contributed by atoms with Crippen LogP contribution in [0.4, 0.5) is 0 Å². The van der Waals surface area contributed by atoms with Gasteiger partial charge in [-0.05, 0) is 38.2 Å². The molecule has 10 heavy (non-hydrogen) atoms. The van der Waals surface area contributed by atoms with Gasteiger partial charge in [0.2, 0.25) is 0 Å². The molecule has 2 rings (SSSR count). The van der Waals surface area contributed by atoms with Gasteiger partial charge in [-0.15, -0.1) is 0 Å². The summed E-state index contributed by atoms with van der Waals surface area (Å²) in [6, 6.07) is 0.579. The highest BCUT2D eigenvalue weighted by Crippen LogP contribution is 2.27. The van der Waals surface area contributed by atoms with Crippen molar-refractivity contribution in [2.24, 2.45) is 0 Å². The lowest BCUT2D eigenvalue weighted by molar-refractivity contribution is 0.592. The molecule has 0 radical (unpaired) electrons. The topological polar surface area (TPSA) is 24.1 Å². The Hall–Kier alpha value is -0.500. The van der Waals surface area contributed by atoms with Gasteiger partial charge in [0, 0.05) is 11.7 Å². The Morgan fingerprint density at radius 2 is 2.10 bits per heavy atom. The molecule has 0 saturated heterocycles. The zero-order valence-electron chi connectivity index (χ0n) is 6.41. The minimum absolute atomic E-state index is 0.579. The molecule has 0 saturated carbocycles. The number of nitrogens with one attached hydrogen (secondary N) is 2. The van der Waals surface area contributed by atoms with Crippen molar-refractivity contribution in [2.45, 2.75) is 38.6 Å². The van der Waals surface area contributed by atoms with Gasteiger partial charge in [-0.2, -0.15) is 0 Å². The van der Waals surface area contributed by atoms with Gasteiger partial charge in [0.05, 0.1) is 0 Å². The lowest BCUT2D eigenvalue weighted by Crippen LogP contribution is -2.30. The minimum atomic E-state index is 0.579. The molecule has 2 N–H and O–H groups in total. The first-order valence-electron chi connectivity index (χ1n) is 4.11. The van der Waals surface area contributed by atoms with Crippen molar-refractivity contribution < 1.29 is 0 Å². The van der Waals surface area contributed by atoms with Gasteiger partial charge in [-0.25, -0.2) is 5.43 Å². The first kappa shape index (κ1) is 6.23. The van der Waals surface area contributed by atoms with E-state index < -0.39 is 0 Å². The molecule has 0 fully saturated rings. The van der Waals surface area contributed by atoms with Crippen LogP contribution in [0.5, 0.6) is 0 Å². The zero-order chi connectivity index (χ0) is 6.97. The van der Waals surface area contributed by atoms with E-state index in [1.807, 2.05) is 0 Å². The molecule has 0 aromatic rings. The quantitative estimate of drug-likeness (QED) is 0.527. The third kappa shape index (κ3) is 0.833. The van der Waals surface area contributed by atoms with Crippen molar-refractivity contribution in [1.82, 2.24) is 10.9 Å². The standard InChI is InChI=1S/C8H14N2/c1-6-7-4-2-3-5-8(7)10-9-6/h6,9-10H,2-5H2,1H3. The molecule has 1 unspecified atom stereocenters. The van der Waals surface area contributed by atoms with E-state index in [-0.39, 0.29) is 0 Å². The van der Waals surface area contributed by atoms with Gasteiger partial charge in [0.25, 0.3) is 0 Å². The summed E-state index contributed by atoms with van der Waals surface area (Å²) in [5.74, 6) is 0. The Bertz CT molecular complexity index is 172. The van der Waals surface area contributed by atoms with Crippen molar-refractivity contribution >= 4 is 0 Å². The monoisotopic (exact) mass is 138 g/mol. The molecule has 1 atom stereocenters. The normalized spacial score (nSPS) is 31.9. The fraction of sp³-hybridized carbons (Fsp3) is 0.750. The third-order valence-corrected chi connectivity index (χ3v) is 2.47. The average molecular weight is 138 g/mol. The summed E-state index contributed by atoms with van der Waals surface area (Å²) >= 11 is 0. The fourth-order valence-corrected chi connectivity index (χ4v) is 1.83. The van der Waals surface area contributed by atoms with Crippen LogP contribution in [0.2, 0.25) is 0 Å². The molecule has 0 bridgehead atoms. The minimum Gasteiger partial charge on any atom is -0.325 e. The molecule has 2 heteroatoms. The molecule has 1 aliphatic heterocycles. The van der Waals surface area contributed by atoms with Crippen LogP contribution in [0, 0.1) is 0 Å². The van der Waals surface area contributed by atoms with Crippen LogP contribution in [0.15, 0.2) is 11.3 Å². The molecule has 2 aliphatic rings. The predicted octanol–water partition coefficient (Wildman–Crippen LogP) is 1.31. The second-order valence-electron chi connectivity index (χ2n) is 3.20. The Balaban J connectivity index is 2.20. The number of hydrogen-bond acceptors (Lipinski definition) is 2. The van der Waals surface area contributed by atoms with Crippen molar-refractivity contribution in [3.8, 4) is 0 Å². The van der Waals surface area contributed by atoms with Crippen molar-refractivity contribution in [3.05, 3.63) is 11.3 Å². The molecule has 0 spiro atoms. The smallest absolute Gasteiger partial charge is 0.0461 e. The Labute approximate surface area is 61.7 Å². The molecular weight excluding hydrogens is 124 g/mol. The second kappa shape index (κ2) is 2.27. The second-order valence-corrected chi connectivity index (χ2v) is 3.20. The van der Waals surface area contributed by atoms with Crippen LogP contribution in [-0.2, 0) is 0 Å². The lowest BCUT2D eigenvalue weighted by Gasteiger charge is -2.13. The van der Waals surface area contributed by atoms with E-state index in [0.717, 1.165) is 0 Å². The van der Waals surface area contributed by atoms with Crippen molar-refractivity contribution in [2.75, 3.05) is 0 Å². The van der Waals surface area contributed by atoms with Crippen LogP contribution in [0.25, 0.3) is 0 Å². The van der Waals surface area contributed by atoms with Crippen molar-refractivity contribution in [1.29, 1.82) is 0 Å². The maximum absolute atomic E-state index is 3.24. The maximum Gasteiger partial charge on any atom is 0.0461 e. The van der Waals surface area contributed by atoms with Gasteiger partial charge < -0.3 is 5.43 Å². The van der Waals surface area contributed by atoms with E-state index in [2.05, 4.69) is 17.8 Å². The van der Waals surface area contributed by atoms with Crippen LogP contribution in [-0.4, -0.2) is 6.04 Å². The zero-order valence-corrected chi connectivity index (χ0v) is 6.41. The van der Waals surface area contributed by atoms with Gasteiger partial charge in [0.15, 0.2) is 0 Å². The Morgan fingerprint density at radius 1 is 1.30 bits per heavy atom. The molecule has 0 aromatic carbocycles.